The van der Waals surface area contributed by atoms with E-state index in [1.807, 2.05) is 31.1 Å². The molecule has 0 unspecified atom stereocenters. The number of pyridine rings is 1. The highest BCUT2D eigenvalue weighted by atomic mass is 35.5. The Morgan fingerprint density at radius 1 is 1.24 bits per heavy atom. The Bertz CT molecular complexity index is 590. The summed E-state index contributed by atoms with van der Waals surface area (Å²) in [4.78, 5) is 10.7. The van der Waals surface area contributed by atoms with Crippen LogP contribution >= 0.6 is 12.4 Å². The zero-order valence-corrected chi connectivity index (χ0v) is 13.1. The highest BCUT2D eigenvalue weighted by molar-refractivity contribution is 5.85. The molecule has 2 aromatic rings. The van der Waals surface area contributed by atoms with Gasteiger partial charge in [0.05, 0.1) is 11.1 Å². The fraction of sp³-hybridized carbons (Fsp3) is 0.500. The van der Waals surface area contributed by atoms with Crippen molar-refractivity contribution in [2.75, 3.05) is 19.0 Å². The van der Waals surface area contributed by atoms with Gasteiger partial charge in [-0.3, -0.25) is 0 Å². The Morgan fingerprint density at radius 2 is 1.95 bits per heavy atom. The second-order valence-corrected chi connectivity index (χ2v) is 5.59. The average molecular weight is 310 g/mol. The van der Waals surface area contributed by atoms with Crippen molar-refractivity contribution >= 4 is 18.2 Å². The third kappa shape index (κ3) is 3.01. The molecule has 2 N–H and O–H groups in total. The van der Waals surface area contributed by atoms with E-state index in [4.69, 9.17) is 10.3 Å². The maximum atomic E-state index is 6.33. The van der Waals surface area contributed by atoms with Crippen LogP contribution in [0.25, 0.3) is 11.5 Å². The Labute approximate surface area is 130 Å². The van der Waals surface area contributed by atoms with Crippen molar-refractivity contribution in [2.24, 2.45) is 5.73 Å². The lowest BCUT2D eigenvalue weighted by Crippen LogP contribution is -2.34. The van der Waals surface area contributed by atoms with Crippen molar-refractivity contribution in [1.82, 2.24) is 15.1 Å². The summed E-state index contributed by atoms with van der Waals surface area (Å²) in [5.74, 6) is 1.98. The zero-order valence-electron chi connectivity index (χ0n) is 12.2. The van der Waals surface area contributed by atoms with Crippen LogP contribution in [-0.4, -0.2) is 29.2 Å². The molecule has 6 nitrogen and oxygen atoms in total. The number of nitrogens with two attached hydrogens (primary N) is 1. The first kappa shape index (κ1) is 15.7. The van der Waals surface area contributed by atoms with Gasteiger partial charge >= 0.3 is 0 Å². The van der Waals surface area contributed by atoms with Gasteiger partial charge in [-0.1, -0.05) is 18.0 Å². The third-order valence-electron chi connectivity index (χ3n) is 3.82. The van der Waals surface area contributed by atoms with Crippen molar-refractivity contribution in [2.45, 2.75) is 31.2 Å². The monoisotopic (exact) mass is 309 g/mol. The molecule has 0 amide bonds. The summed E-state index contributed by atoms with van der Waals surface area (Å²) in [7, 11) is 3.90. The molecule has 1 aliphatic rings. The van der Waals surface area contributed by atoms with E-state index in [0.29, 0.717) is 11.7 Å². The second kappa shape index (κ2) is 5.99. The minimum absolute atomic E-state index is 0. The quantitative estimate of drug-likeness (QED) is 0.937. The van der Waals surface area contributed by atoms with Crippen molar-refractivity contribution in [3.63, 3.8) is 0 Å². The minimum Gasteiger partial charge on any atom is -0.363 e. The lowest BCUT2D eigenvalue weighted by Gasteiger charge is -2.17. The lowest BCUT2D eigenvalue weighted by molar-refractivity contribution is 0.372. The van der Waals surface area contributed by atoms with E-state index in [0.717, 1.165) is 37.1 Å². The second-order valence-electron chi connectivity index (χ2n) is 5.59. The van der Waals surface area contributed by atoms with Gasteiger partial charge in [-0.15, -0.1) is 12.4 Å². The zero-order chi connectivity index (χ0) is 14.2. The molecule has 2 aromatic heterocycles. The molecule has 1 saturated carbocycles. The highest BCUT2D eigenvalue weighted by Gasteiger charge is 2.36. The summed E-state index contributed by atoms with van der Waals surface area (Å²) in [5.41, 5.74) is 6.73. The molecule has 0 bridgehead atoms. The van der Waals surface area contributed by atoms with Crippen molar-refractivity contribution < 1.29 is 4.52 Å². The van der Waals surface area contributed by atoms with Crippen LogP contribution in [0.1, 0.15) is 31.5 Å². The number of anilines is 1. The molecule has 1 aliphatic carbocycles. The summed E-state index contributed by atoms with van der Waals surface area (Å²) in [6, 6.07) is 3.85. The molecule has 0 radical (unpaired) electrons. The predicted molar refractivity (Wildman–Crippen MR) is 83.4 cm³/mol. The Balaban J connectivity index is 0.00000161. The van der Waals surface area contributed by atoms with Gasteiger partial charge in [-0.2, -0.15) is 4.98 Å². The van der Waals surface area contributed by atoms with Crippen molar-refractivity contribution in [1.29, 1.82) is 0 Å². The molecular formula is C14H20ClN5O. The molecule has 0 atom stereocenters. The predicted octanol–water partition coefficient (Wildman–Crippen LogP) is 2.35. The third-order valence-corrected chi connectivity index (χ3v) is 3.82. The van der Waals surface area contributed by atoms with Gasteiger partial charge in [-0.05, 0) is 25.0 Å². The van der Waals surface area contributed by atoms with Gasteiger partial charge in [0.15, 0.2) is 5.82 Å². The summed E-state index contributed by atoms with van der Waals surface area (Å²) in [6.45, 7) is 0. The number of rotatable bonds is 3. The van der Waals surface area contributed by atoms with Crippen molar-refractivity contribution in [3.8, 4) is 11.5 Å². The summed E-state index contributed by atoms with van der Waals surface area (Å²) < 4.78 is 5.33. The maximum Gasteiger partial charge on any atom is 0.259 e. The number of aromatic nitrogens is 3. The van der Waals surface area contributed by atoms with Gasteiger partial charge in [0.1, 0.15) is 5.82 Å². The molecule has 2 heterocycles. The van der Waals surface area contributed by atoms with Crippen LogP contribution in [-0.2, 0) is 5.54 Å². The van der Waals surface area contributed by atoms with E-state index in [9.17, 15) is 0 Å². The average Bonchev–Trinajstić information content (AvgIpc) is 3.08. The Morgan fingerprint density at radius 3 is 2.52 bits per heavy atom. The van der Waals surface area contributed by atoms with Crippen LogP contribution in [0.3, 0.4) is 0 Å². The molecule has 1 fully saturated rings. The maximum absolute atomic E-state index is 6.33. The SMILES string of the molecule is CN(C)c1ccc(-c2nc(C3(N)CCCC3)no2)cn1.Cl. The molecule has 114 valence electrons. The summed E-state index contributed by atoms with van der Waals surface area (Å²) in [6.07, 6.45) is 5.83. The summed E-state index contributed by atoms with van der Waals surface area (Å²) in [5, 5.41) is 4.05. The highest BCUT2D eigenvalue weighted by Crippen LogP contribution is 2.35. The van der Waals surface area contributed by atoms with Crippen LogP contribution in [0.2, 0.25) is 0 Å². The van der Waals surface area contributed by atoms with Crippen LogP contribution < -0.4 is 10.6 Å². The Hall–Kier alpha value is -1.66. The van der Waals surface area contributed by atoms with E-state index in [2.05, 4.69) is 15.1 Å². The number of nitrogens with zero attached hydrogens (tertiary/aromatic N) is 4. The van der Waals surface area contributed by atoms with Gasteiger partial charge in [-0.25, -0.2) is 4.98 Å². The fourth-order valence-electron chi connectivity index (χ4n) is 2.55. The molecule has 7 heteroatoms. The molecular weight excluding hydrogens is 290 g/mol. The van der Waals surface area contributed by atoms with Crippen LogP contribution in [0.4, 0.5) is 5.82 Å². The minimum atomic E-state index is -0.418. The summed E-state index contributed by atoms with van der Waals surface area (Å²) >= 11 is 0. The van der Waals surface area contributed by atoms with E-state index < -0.39 is 5.54 Å². The van der Waals surface area contributed by atoms with Gasteiger partial charge in [0, 0.05) is 20.3 Å². The molecule has 21 heavy (non-hydrogen) atoms. The van der Waals surface area contributed by atoms with Gasteiger partial charge < -0.3 is 15.2 Å². The molecule has 0 aliphatic heterocycles. The number of hydrogen-bond donors (Lipinski definition) is 1. The van der Waals surface area contributed by atoms with E-state index in [1.54, 1.807) is 6.20 Å². The number of hydrogen-bond acceptors (Lipinski definition) is 6. The topological polar surface area (TPSA) is 81.1 Å². The van der Waals surface area contributed by atoms with Gasteiger partial charge in [0.2, 0.25) is 0 Å². The molecule has 3 rings (SSSR count). The first-order chi connectivity index (χ1) is 9.58. The van der Waals surface area contributed by atoms with Crippen LogP contribution in [0.5, 0.6) is 0 Å². The normalized spacial score (nSPS) is 16.5. The van der Waals surface area contributed by atoms with Gasteiger partial charge in [0.25, 0.3) is 5.89 Å². The Kier molecular flexibility index (Phi) is 4.49. The standard InChI is InChI=1S/C14H19N5O.ClH/c1-19(2)11-6-5-10(9-16-11)12-17-13(18-20-12)14(15)7-3-4-8-14;/h5-6,9H,3-4,7-8,15H2,1-2H3;1H. The molecule has 0 aromatic carbocycles. The van der Waals surface area contributed by atoms with Crippen molar-refractivity contribution in [3.05, 3.63) is 24.2 Å². The molecule has 0 saturated heterocycles. The van der Waals surface area contributed by atoms with Crippen LogP contribution in [0.15, 0.2) is 22.9 Å². The van der Waals surface area contributed by atoms with E-state index >= 15 is 0 Å². The first-order valence-corrected chi connectivity index (χ1v) is 6.85. The number of halogens is 1. The van der Waals surface area contributed by atoms with Crippen LogP contribution in [0, 0.1) is 0 Å². The van der Waals surface area contributed by atoms with E-state index in [-0.39, 0.29) is 12.4 Å². The molecule has 0 spiro atoms. The largest absolute Gasteiger partial charge is 0.363 e. The lowest BCUT2D eigenvalue weighted by atomic mass is 9.99. The van der Waals surface area contributed by atoms with E-state index in [1.165, 1.54) is 0 Å². The first-order valence-electron chi connectivity index (χ1n) is 6.85. The smallest absolute Gasteiger partial charge is 0.259 e. The fourth-order valence-corrected chi connectivity index (χ4v) is 2.55.